The van der Waals surface area contributed by atoms with Gasteiger partial charge in [0.1, 0.15) is 0 Å². The molecule has 21 heavy (non-hydrogen) atoms. The van der Waals surface area contributed by atoms with E-state index >= 15 is 0 Å². The number of hydrogen-bond donors (Lipinski definition) is 1. The second-order valence-corrected chi connectivity index (χ2v) is 6.20. The van der Waals surface area contributed by atoms with Crippen molar-refractivity contribution < 1.29 is 4.79 Å². The summed E-state index contributed by atoms with van der Waals surface area (Å²) in [6.45, 7) is 8.08. The summed E-state index contributed by atoms with van der Waals surface area (Å²) in [5, 5.41) is 4.55. The third-order valence-electron chi connectivity index (χ3n) is 4.47. The van der Waals surface area contributed by atoms with Crippen molar-refractivity contribution in [3.8, 4) is 0 Å². The van der Waals surface area contributed by atoms with Gasteiger partial charge in [-0.2, -0.15) is 5.10 Å². The van der Waals surface area contributed by atoms with Crippen molar-refractivity contribution in [2.45, 2.75) is 71.5 Å². The number of amides is 1. The van der Waals surface area contributed by atoms with Crippen molar-refractivity contribution in [1.29, 1.82) is 0 Å². The molecule has 0 aliphatic carbocycles. The van der Waals surface area contributed by atoms with E-state index in [1.807, 2.05) is 6.92 Å². The number of carbonyl (C=O) groups is 1. The molecular weight excluding hydrogens is 264 g/mol. The van der Waals surface area contributed by atoms with Crippen molar-refractivity contribution in [3.63, 3.8) is 0 Å². The molecule has 1 saturated heterocycles. The maximum Gasteiger partial charge on any atom is 0.234 e. The molecule has 1 aromatic heterocycles. The van der Waals surface area contributed by atoms with E-state index in [-0.39, 0.29) is 11.9 Å². The van der Waals surface area contributed by atoms with Crippen molar-refractivity contribution >= 4 is 5.91 Å². The van der Waals surface area contributed by atoms with Crippen LogP contribution in [0.2, 0.25) is 0 Å². The van der Waals surface area contributed by atoms with Crippen LogP contribution in [0.3, 0.4) is 0 Å². The Morgan fingerprint density at radius 1 is 1.52 bits per heavy atom. The van der Waals surface area contributed by atoms with Gasteiger partial charge in [0, 0.05) is 11.7 Å². The van der Waals surface area contributed by atoms with E-state index in [9.17, 15) is 4.79 Å². The summed E-state index contributed by atoms with van der Waals surface area (Å²) >= 11 is 0. The Morgan fingerprint density at radius 2 is 2.29 bits per heavy atom. The van der Waals surface area contributed by atoms with Crippen LogP contribution in [0, 0.1) is 13.8 Å². The molecule has 118 valence electrons. The molecule has 0 bridgehead atoms. The molecule has 1 aliphatic heterocycles. The molecule has 2 N–H and O–H groups in total. The Labute approximate surface area is 127 Å². The van der Waals surface area contributed by atoms with E-state index in [2.05, 4.69) is 34.6 Å². The maximum atomic E-state index is 11.8. The van der Waals surface area contributed by atoms with Gasteiger partial charge in [-0.25, -0.2) is 0 Å². The topological polar surface area (TPSA) is 64.2 Å². The SMILES string of the molecule is CCCC[C@H](C(N)=O)N1CCC[C@@H]1Cn1nc(C)cc1C. The van der Waals surface area contributed by atoms with Crippen LogP contribution in [0.5, 0.6) is 0 Å². The van der Waals surface area contributed by atoms with Crippen LogP contribution in [0.25, 0.3) is 0 Å². The summed E-state index contributed by atoms with van der Waals surface area (Å²) in [5.41, 5.74) is 7.88. The first-order chi connectivity index (χ1) is 10.0. The molecule has 2 rings (SSSR count). The van der Waals surface area contributed by atoms with Gasteiger partial charge in [-0.05, 0) is 45.7 Å². The van der Waals surface area contributed by atoms with E-state index in [1.54, 1.807) is 0 Å². The molecule has 5 nitrogen and oxygen atoms in total. The predicted octanol–water partition coefficient (Wildman–Crippen LogP) is 2.01. The predicted molar refractivity (Wildman–Crippen MR) is 83.9 cm³/mol. The molecule has 1 fully saturated rings. The number of likely N-dealkylation sites (tertiary alicyclic amines) is 1. The fourth-order valence-corrected chi connectivity index (χ4v) is 3.39. The number of aromatic nitrogens is 2. The minimum atomic E-state index is -0.177. The third kappa shape index (κ3) is 3.84. The number of aryl methyl sites for hydroxylation is 2. The van der Waals surface area contributed by atoms with Crippen molar-refractivity contribution in [2.75, 3.05) is 6.54 Å². The van der Waals surface area contributed by atoms with Gasteiger partial charge in [0.05, 0.1) is 18.3 Å². The van der Waals surface area contributed by atoms with Gasteiger partial charge in [0.15, 0.2) is 0 Å². The summed E-state index contributed by atoms with van der Waals surface area (Å²) in [4.78, 5) is 14.1. The summed E-state index contributed by atoms with van der Waals surface area (Å²) in [6.07, 6.45) is 5.28. The van der Waals surface area contributed by atoms with E-state index < -0.39 is 0 Å². The van der Waals surface area contributed by atoms with Gasteiger partial charge in [0.2, 0.25) is 5.91 Å². The van der Waals surface area contributed by atoms with E-state index in [4.69, 9.17) is 5.73 Å². The first kappa shape index (κ1) is 16.0. The third-order valence-corrected chi connectivity index (χ3v) is 4.47. The zero-order valence-electron chi connectivity index (χ0n) is 13.5. The Hall–Kier alpha value is -1.36. The van der Waals surface area contributed by atoms with Crippen molar-refractivity contribution in [1.82, 2.24) is 14.7 Å². The molecule has 1 aromatic rings. The monoisotopic (exact) mass is 292 g/mol. The van der Waals surface area contributed by atoms with Crippen LogP contribution >= 0.6 is 0 Å². The van der Waals surface area contributed by atoms with Crippen LogP contribution in [0.15, 0.2) is 6.07 Å². The first-order valence-corrected chi connectivity index (χ1v) is 8.09. The molecule has 1 aliphatic rings. The fraction of sp³-hybridized carbons (Fsp3) is 0.750. The van der Waals surface area contributed by atoms with Gasteiger partial charge in [-0.3, -0.25) is 14.4 Å². The molecule has 0 unspecified atom stereocenters. The van der Waals surface area contributed by atoms with Gasteiger partial charge in [-0.15, -0.1) is 0 Å². The van der Waals surface area contributed by atoms with Crippen molar-refractivity contribution in [2.24, 2.45) is 5.73 Å². The van der Waals surface area contributed by atoms with Crippen LogP contribution in [0.4, 0.5) is 0 Å². The Kier molecular flexibility index (Phi) is 5.39. The highest BCUT2D eigenvalue weighted by Crippen LogP contribution is 2.24. The highest BCUT2D eigenvalue weighted by Gasteiger charge is 2.33. The molecule has 1 amide bonds. The Bertz CT molecular complexity index is 483. The molecule has 2 heterocycles. The van der Waals surface area contributed by atoms with Crippen LogP contribution in [-0.4, -0.2) is 39.2 Å². The van der Waals surface area contributed by atoms with Gasteiger partial charge in [-0.1, -0.05) is 19.8 Å². The Balaban J connectivity index is 2.07. The van der Waals surface area contributed by atoms with Gasteiger partial charge >= 0.3 is 0 Å². The molecular formula is C16H28N4O. The Morgan fingerprint density at radius 3 is 2.86 bits per heavy atom. The molecule has 0 aromatic carbocycles. The smallest absolute Gasteiger partial charge is 0.234 e. The second kappa shape index (κ2) is 7.07. The maximum absolute atomic E-state index is 11.8. The number of nitrogens with two attached hydrogens (primary N) is 1. The summed E-state index contributed by atoms with van der Waals surface area (Å²) in [7, 11) is 0. The molecule has 5 heteroatoms. The minimum absolute atomic E-state index is 0.116. The zero-order chi connectivity index (χ0) is 15.4. The quantitative estimate of drug-likeness (QED) is 0.836. The zero-order valence-corrected chi connectivity index (χ0v) is 13.5. The number of nitrogens with zero attached hydrogens (tertiary/aromatic N) is 3. The highest BCUT2D eigenvalue weighted by atomic mass is 16.1. The summed E-state index contributed by atoms with van der Waals surface area (Å²) < 4.78 is 2.07. The number of carbonyl (C=O) groups excluding carboxylic acids is 1. The van der Waals surface area contributed by atoms with Crippen LogP contribution in [-0.2, 0) is 11.3 Å². The minimum Gasteiger partial charge on any atom is -0.368 e. The number of unbranched alkanes of at least 4 members (excludes halogenated alkanes) is 1. The lowest BCUT2D eigenvalue weighted by molar-refractivity contribution is -0.124. The standard InChI is InChI=1S/C16H28N4O/c1-4-5-8-15(16(17)21)19-9-6-7-14(19)11-20-13(3)10-12(2)18-20/h10,14-15H,4-9,11H2,1-3H3,(H2,17,21)/t14-,15-/m1/s1. The lowest BCUT2D eigenvalue weighted by Crippen LogP contribution is -2.48. The van der Waals surface area contributed by atoms with Crippen molar-refractivity contribution in [3.05, 3.63) is 17.5 Å². The molecule has 0 radical (unpaired) electrons. The summed E-state index contributed by atoms with van der Waals surface area (Å²) in [6, 6.07) is 2.36. The van der Waals surface area contributed by atoms with Crippen LogP contribution < -0.4 is 5.73 Å². The number of rotatable bonds is 7. The average Bonchev–Trinajstić information content (AvgIpc) is 2.98. The number of primary amides is 1. The first-order valence-electron chi connectivity index (χ1n) is 8.09. The van der Waals surface area contributed by atoms with Gasteiger partial charge in [0.25, 0.3) is 0 Å². The average molecular weight is 292 g/mol. The van der Waals surface area contributed by atoms with E-state index in [0.717, 1.165) is 50.9 Å². The molecule has 0 saturated carbocycles. The fourth-order valence-electron chi connectivity index (χ4n) is 3.39. The normalized spacial score (nSPS) is 20.8. The summed E-state index contributed by atoms with van der Waals surface area (Å²) in [5.74, 6) is -0.177. The number of hydrogen-bond acceptors (Lipinski definition) is 3. The lowest BCUT2D eigenvalue weighted by Gasteiger charge is -2.31. The van der Waals surface area contributed by atoms with E-state index in [1.165, 1.54) is 5.69 Å². The van der Waals surface area contributed by atoms with E-state index in [0.29, 0.717) is 6.04 Å². The van der Waals surface area contributed by atoms with Crippen LogP contribution in [0.1, 0.15) is 50.4 Å². The second-order valence-electron chi connectivity index (χ2n) is 6.20. The molecule has 2 atom stereocenters. The molecule has 0 spiro atoms. The lowest BCUT2D eigenvalue weighted by atomic mass is 10.1. The van der Waals surface area contributed by atoms with Gasteiger partial charge < -0.3 is 5.73 Å². The highest BCUT2D eigenvalue weighted by molar-refractivity contribution is 5.79. The largest absolute Gasteiger partial charge is 0.368 e.